The lowest BCUT2D eigenvalue weighted by Gasteiger charge is -2.31. The Morgan fingerprint density at radius 1 is 1.24 bits per heavy atom. The van der Waals surface area contributed by atoms with Gasteiger partial charge in [-0.1, -0.05) is 22.0 Å². The van der Waals surface area contributed by atoms with E-state index in [4.69, 9.17) is 15.2 Å². The van der Waals surface area contributed by atoms with Gasteiger partial charge in [-0.15, -0.1) is 0 Å². The summed E-state index contributed by atoms with van der Waals surface area (Å²) in [5.74, 6) is 0. The van der Waals surface area contributed by atoms with Crippen molar-refractivity contribution in [2.75, 3.05) is 38.9 Å². The maximum atomic E-state index is 5.88. The summed E-state index contributed by atoms with van der Waals surface area (Å²) in [6.07, 6.45) is 0.868. The number of halogens is 1. The van der Waals surface area contributed by atoms with E-state index in [1.54, 1.807) is 14.2 Å². The molecule has 0 fully saturated rings. The highest BCUT2D eigenvalue weighted by atomic mass is 79.9. The van der Waals surface area contributed by atoms with Gasteiger partial charge in [-0.3, -0.25) is 0 Å². The molecule has 5 heteroatoms. The molecular formula is C16H27BrN2O2. The van der Waals surface area contributed by atoms with Gasteiger partial charge in [-0.05, 0) is 38.0 Å². The number of benzene rings is 1. The van der Waals surface area contributed by atoms with Gasteiger partial charge in [0.2, 0.25) is 0 Å². The first-order valence-corrected chi connectivity index (χ1v) is 8.07. The topological polar surface area (TPSA) is 47.7 Å². The Kier molecular flexibility index (Phi) is 8.26. The molecule has 0 heterocycles. The fourth-order valence-corrected chi connectivity index (χ4v) is 2.88. The van der Waals surface area contributed by atoms with Gasteiger partial charge < -0.3 is 20.1 Å². The molecule has 4 nitrogen and oxygen atoms in total. The first kappa shape index (κ1) is 18.4. The third-order valence-corrected chi connectivity index (χ3v) is 4.12. The van der Waals surface area contributed by atoms with E-state index in [9.17, 15) is 0 Å². The Hall–Kier alpha value is -0.620. The smallest absolute Gasteiger partial charge is 0.0663 e. The Morgan fingerprint density at radius 3 is 2.48 bits per heavy atom. The second kappa shape index (κ2) is 9.41. The molecule has 0 aliphatic rings. The van der Waals surface area contributed by atoms with Crippen LogP contribution in [0.1, 0.15) is 19.4 Å². The number of methoxy groups -OCH3 is 2. The maximum absolute atomic E-state index is 5.88. The van der Waals surface area contributed by atoms with Crippen LogP contribution < -0.4 is 10.6 Å². The van der Waals surface area contributed by atoms with Crippen LogP contribution in [0.15, 0.2) is 22.7 Å². The molecule has 0 amide bonds. The minimum absolute atomic E-state index is 0.157. The van der Waals surface area contributed by atoms with Gasteiger partial charge in [0, 0.05) is 43.0 Å². The van der Waals surface area contributed by atoms with Crippen molar-refractivity contribution in [1.82, 2.24) is 0 Å². The van der Waals surface area contributed by atoms with Crippen molar-refractivity contribution in [2.24, 2.45) is 5.73 Å². The maximum Gasteiger partial charge on any atom is 0.0663 e. The third kappa shape index (κ3) is 5.94. The lowest BCUT2D eigenvalue weighted by molar-refractivity contribution is 0.171. The molecule has 0 bridgehead atoms. The van der Waals surface area contributed by atoms with Crippen molar-refractivity contribution < 1.29 is 9.47 Å². The van der Waals surface area contributed by atoms with Crippen molar-refractivity contribution in [3.8, 4) is 0 Å². The number of nitrogens with two attached hydrogens (primary N) is 1. The molecule has 0 spiro atoms. The van der Waals surface area contributed by atoms with Gasteiger partial charge in [-0.2, -0.15) is 0 Å². The molecule has 21 heavy (non-hydrogen) atoms. The second-order valence-corrected chi connectivity index (χ2v) is 6.30. The molecule has 0 aliphatic carbocycles. The van der Waals surface area contributed by atoms with Gasteiger partial charge in [-0.25, -0.2) is 0 Å². The van der Waals surface area contributed by atoms with E-state index in [-0.39, 0.29) is 12.1 Å². The molecule has 0 saturated heterocycles. The second-order valence-electron chi connectivity index (χ2n) is 5.45. The normalized spacial score (nSPS) is 14.0. The molecule has 1 aromatic carbocycles. The predicted octanol–water partition coefficient (Wildman–Crippen LogP) is 2.83. The molecular weight excluding hydrogens is 332 g/mol. The monoisotopic (exact) mass is 358 g/mol. The average molecular weight is 359 g/mol. The number of nitrogens with zero attached hydrogens (tertiary/aromatic N) is 1. The zero-order chi connectivity index (χ0) is 15.8. The first-order chi connectivity index (χ1) is 9.99. The number of ether oxygens (including phenoxy) is 2. The minimum Gasteiger partial charge on any atom is -0.383 e. The van der Waals surface area contributed by atoms with Gasteiger partial charge in [0.25, 0.3) is 0 Å². The molecule has 1 aromatic rings. The lowest BCUT2D eigenvalue weighted by atomic mass is 10.1. The van der Waals surface area contributed by atoms with Gasteiger partial charge >= 0.3 is 0 Å². The third-order valence-electron chi connectivity index (χ3n) is 3.39. The van der Waals surface area contributed by atoms with Crippen molar-refractivity contribution in [3.63, 3.8) is 0 Å². The Balaban J connectivity index is 2.93. The summed E-state index contributed by atoms with van der Waals surface area (Å²) in [6, 6.07) is 6.88. The van der Waals surface area contributed by atoms with E-state index in [1.165, 1.54) is 5.56 Å². The quantitative estimate of drug-likeness (QED) is 0.737. The molecule has 0 aromatic heterocycles. The summed E-state index contributed by atoms with van der Waals surface area (Å²) < 4.78 is 11.6. The zero-order valence-electron chi connectivity index (χ0n) is 13.4. The van der Waals surface area contributed by atoms with Crippen LogP contribution in [0.4, 0.5) is 5.69 Å². The van der Waals surface area contributed by atoms with E-state index < -0.39 is 0 Å². The van der Waals surface area contributed by atoms with Crippen molar-refractivity contribution in [3.05, 3.63) is 28.2 Å². The van der Waals surface area contributed by atoms with E-state index in [2.05, 4.69) is 46.0 Å². The predicted molar refractivity (Wildman–Crippen MR) is 92.1 cm³/mol. The molecule has 2 unspecified atom stereocenters. The highest BCUT2D eigenvalue weighted by molar-refractivity contribution is 9.10. The van der Waals surface area contributed by atoms with Crippen LogP contribution in [-0.2, 0) is 15.9 Å². The fourth-order valence-electron chi connectivity index (χ4n) is 2.35. The Labute approximate surface area is 136 Å². The van der Waals surface area contributed by atoms with Gasteiger partial charge in [0.05, 0.1) is 13.2 Å². The Morgan fingerprint density at radius 2 is 1.95 bits per heavy atom. The molecule has 120 valence electrons. The van der Waals surface area contributed by atoms with Crippen LogP contribution in [0, 0.1) is 0 Å². The number of hydrogen-bond donors (Lipinski definition) is 1. The summed E-state index contributed by atoms with van der Waals surface area (Å²) in [5, 5.41) is 0. The van der Waals surface area contributed by atoms with Crippen LogP contribution in [0.5, 0.6) is 0 Å². The van der Waals surface area contributed by atoms with Crippen molar-refractivity contribution >= 4 is 21.6 Å². The number of hydrogen-bond acceptors (Lipinski definition) is 4. The van der Waals surface area contributed by atoms with E-state index in [1.807, 2.05) is 6.92 Å². The van der Waals surface area contributed by atoms with Crippen LogP contribution >= 0.6 is 15.9 Å². The Bertz CT molecular complexity index is 427. The SMILES string of the molecule is COCCN(c1ccc(CC(C)N)c(Br)c1)C(C)COC. The van der Waals surface area contributed by atoms with Crippen LogP contribution in [0.2, 0.25) is 0 Å². The molecule has 0 radical (unpaired) electrons. The largest absolute Gasteiger partial charge is 0.383 e. The van der Waals surface area contributed by atoms with E-state index >= 15 is 0 Å². The highest BCUT2D eigenvalue weighted by Gasteiger charge is 2.15. The van der Waals surface area contributed by atoms with Crippen LogP contribution in [-0.4, -0.2) is 46.1 Å². The fraction of sp³-hybridized carbons (Fsp3) is 0.625. The van der Waals surface area contributed by atoms with Crippen LogP contribution in [0.3, 0.4) is 0 Å². The molecule has 0 aliphatic heterocycles. The molecule has 1 rings (SSSR count). The summed E-state index contributed by atoms with van der Waals surface area (Å²) in [5.41, 5.74) is 8.28. The average Bonchev–Trinajstić information content (AvgIpc) is 2.42. The number of anilines is 1. The summed E-state index contributed by atoms with van der Waals surface area (Å²) >= 11 is 3.66. The summed E-state index contributed by atoms with van der Waals surface area (Å²) in [4.78, 5) is 2.30. The lowest BCUT2D eigenvalue weighted by Crippen LogP contribution is -2.38. The van der Waals surface area contributed by atoms with Crippen molar-refractivity contribution in [2.45, 2.75) is 32.4 Å². The van der Waals surface area contributed by atoms with Gasteiger partial charge in [0.1, 0.15) is 0 Å². The first-order valence-electron chi connectivity index (χ1n) is 7.28. The van der Waals surface area contributed by atoms with E-state index in [0.717, 1.165) is 23.1 Å². The zero-order valence-corrected chi connectivity index (χ0v) is 15.0. The van der Waals surface area contributed by atoms with E-state index in [0.29, 0.717) is 13.2 Å². The molecule has 0 saturated carbocycles. The molecule has 2 atom stereocenters. The summed E-state index contributed by atoms with van der Waals surface area (Å²) in [7, 11) is 3.45. The van der Waals surface area contributed by atoms with Crippen LogP contribution in [0.25, 0.3) is 0 Å². The molecule has 2 N–H and O–H groups in total. The van der Waals surface area contributed by atoms with Crippen molar-refractivity contribution in [1.29, 1.82) is 0 Å². The standard InChI is InChI=1S/C16H27BrN2O2/c1-12(18)9-14-5-6-15(10-16(14)17)19(7-8-20-3)13(2)11-21-4/h5-6,10,12-13H,7-9,11,18H2,1-4H3. The van der Waals surface area contributed by atoms with Gasteiger partial charge in [0.15, 0.2) is 0 Å². The highest BCUT2D eigenvalue weighted by Crippen LogP contribution is 2.26. The summed E-state index contributed by atoms with van der Waals surface area (Å²) in [6.45, 7) is 6.38. The minimum atomic E-state index is 0.157. The number of rotatable bonds is 9.